The van der Waals surface area contributed by atoms with E-state index in [1.807, 2.05) is 0 Å². The minimum absolute atomic E-state index is 0.202. The average molecular weight is 205 g/mol. The third-order valence-electron chi connectivity index (χ3n) is 2.86. The van der Waals surface area contributed by atoms with Crippen molar-refractivity contribution >= 4 is 10.0 Å². The van der Waals surface area contributed by atoms with Crippen molar-refractivity contribution in [3.8, 4) is 0 Å². The van der Waals surface area contributed by atoms with Crippen LogP contribution in [0.3, 0.4) is 0 Å². The molecule has 0 amide bonds. The minimum Gasteiger partial charge on any atom is -0.376 e. The molecule has 2 rings (SSSR count). The molecule has 4 nitrogen and oxygen atoms in total. The van der Waals surface area contributed by atoms with E-state index < -0.39 is 10.0 Å². The van der Waals surface area contributed by atoms with Crippen LogP contribution in [-0.2, 0) is 14.8 Å². The molecule has 5 heteroatoms. The molecule has 0 bridgehead atoms. The largest absolute Gasteiger partial charge is 0.376 e. The van der Waals surface area contributed by atoms with Crippen LogP contribution in [0.2, 0.25) is 0 Å². The Morgan fingerprint density at radius 3 is 2.62 bits per heavy atom. The molecule has 1 saturated carbocycles. The Kier molecular flexibility index (Phi) is 2.33. The first-order valence-electron chi connectivity index (χ1n) is 4.67. The van der Waals surface area contributed by atoms with Crippen LogP contribution in [0, 0.1) is 5.92 Å². The number of hydrogen-bond acceptors (Lipinski definition) is 3. The quantitative estimate of drug-likeness (QED) is 0.711. The first-order valence-corrected chi connectivity index (χ1v) is 6.22. The fourth-order valence-corrected chi connectivity index (χ4v) is 2.84. The van der Waals surface area contributed by atoms with Gasteiger partial charge in [0, 0.05) is 0 Å². The highest BCUT2D eigenvalue weighted by Gasteiger charge is 2.41. The molecule has 1 aliphatic carbocycles. The van der Waals surface area contributed by atoms with Gasteiger partial charge in [0.25, 0.3) is 0 Å². The second-order valence-corrected chi connectivity index (χ2v) is 5.98. The van der Waals surface area contributed by atoms with Crippen molar-refractivity contribution in [1.29, 1.82) is 0 Å². The summed E-state index contributed by atoms with van der Waals surface area (Å²) in [5, 5.41) is -0.330. The Bertz CT molecular complexity index is 284. The summed E-state index contributed by atoms with van der Waals surface area (Å²) in [4.78, 5) is 0. The summed E-state index contributed by atoms with van der Waals surface area (Å²) in [6, 6.07) is 0. The van der Waals surface area contributed by atoms with Crippen molar-refractivity contribution in [2.45, 2.75) is 30.6 Å². The van der Waals surface area contributed by atoms with Gasteiger partial charge in [-0.2, -0.15) is 0 Å². The lowest BCUT2D eigenvalue weighted by atomic mass is 10.1. The molecule has 1 N–H and O–H groups in total. The molecule has 2 fully saturated rings. The average Bonchev–Trinajstić information content (AvgIpc) is 2.83. The molecule has 1 heterocycles. The molecular weight excluding hydrogens is 190 g/mol. The number of sulfonamides is 1. The molecule has 1 saturated heterocycles. The zero-order chi connectivity index (χ0) is 9.47. The predicted octanol–water partition coefficient (Wildman–Crippen LogP) is 0.103. The standard InChI is InChI=1S/C8H15NO3S/c1-9-13(10,11)7-4-8(12-5-7)6-2-3-6/h6-9H,2-5H2,1H3. The van der Waals surface area contributed by atoms with Gasteiger partial charge in [0.2, 0.25) is 10.0 Å². The van der Waals surface area contributed by atoms with Gasteiger partial charge in [-0.1, -0.05) is 0 Å². The lowest BCUT2D eigenvalue weighted by Crippen LogP contribution is -2.32. The number of ether oxygens (including phenoxy) is 1. The van der Waals surface area contributed by atoms with Crippen molar-refractivity contribution in [1.82, 2.24) is 4.72 Å². The van der Waals surface area contributed by atoms with Gasteiger partial charge in [0.1, 0.15) is 5.25 Å². The summed E-state index contributed by atoms with van der Waals surface area (Å²) in [6.45, 7) is 0.365. The van der Waals surface area contributed by atoms with E-state index in [-0.39, 0.29) is 11.4 Å². The number of nitrogens with one attached hydrogen (secondary N) is 1. The lowest BCUT2D eigenvalue weighted by molar-refractivity contribution is 0.0943. The molecule has 76 valence electrons. The summed E-state index contributed by atoms with van der Waals surface area (Å²) in [7, 11) is -1.65. The van der Waals surface area contributed by atoms with E-state index in [1.54, 1.807) is 0 Å². The Hall–Kier alpha value is -0.130. The van der Waals surface area contributed by atoms with Crippen molar-refractivity contribution in [3.05, 3.63) is 0 Å². The molecule has 0 spiro atoms. The Morgan fingerprint density at radius 2 is 2.08 bits per heavy atom. The minimum atomic E-state index is -3.11. The van der Waals surface area contributed by atoms with Crippen molar-refractivity contribution in [2.24, 2.45) is 5.92 Å². The second-order valence-electron chi connectivity index (χ2n) is 3.82. The molecule has 13 heavy (non-hydrogen) atoms. The van der Waals surface area contributed by atoms with Crippen LogP contribution in [0.25, 0.3) is 0 Å². The molecule has 0 aromatic rings. The first-order chi connectivity index (χ1) is 6.13. The maximum absolute atomic E-state index is 11.4. The van der Waals surface area contributed by atoms with Gasteiger partial charge in [-0.25, -0.2) is 13.1 Å². The molecule has 2 aliphatic rings. The fourth-order valence-electron chi connectivity index (χ4n) is 1.81. The summed E-state index contributed by atoms with van der Waals surface area (Å²) in [6.07, 6.45) is 3.29. The topological polar surface area (TPSA) is 55.4 Å². The highest BCUT2D eigenvalue weighted by molar-refractivity contribution is 7.90. The Balaban J connectivity index is 1.97. The zero-order valence-electron chi connectivity index (χ0n) is 7.69. The maximum Gasteiger partial charge on any atom is 0.216 e. The lowest BCUT2D eigenvalue weighted by Gasteiger charge is -2.08. The van der Waals surface area contributed by atoms with Crippen LogP contribution in [0.1, 0.15) is 19.3 Å². The van der Waals surface area contributed by atoms with Gasteiger partial charge in [0.05, 0.1) is 12.7 Å². The van der Waals surface area contributed by atoms with E-state index in [2.05, 4.69) is 4.72 Å². The van der Waals surface area contributed by atoms with E-state index in [0.29, 0.717) is 18.9 Å². The predicted molar refractivity (Wildman–Crippen MR) is 48.8 cm³/mol. The Morgan fingerprint density at radius 1 is 1.38 bits per heavy atom. The van der Waals surface area contributed by atoms with Crippen LogP contribution in [0.4, 0.5) is 0 Å². The zero-order valence-corrected chi connectivity index (χ0v) is 8.51. The van der Waals surface area contributed by atoms with Crippen LogP contribution in [0.15, 0.2) is 0 Å². The molecule has 0 aromatic carbocycles. The molecule has 1 aliphatic heterocycles. The van der Waals surface area contributed by atoms with Crippen LogP contribution in [0.5, 0.6) is 0 Å². The molecule has 2 unspecified atom stereocenters. The molecule has 0 radical (unpaired) electrons. The van der Waals surface area contributed by atoms with E-state index in [0.717, 1.165) is 0 Å². The number of hydrogen-bond donors (Lipinski definition) is 1. The second kappa shape index (κ2) is 3.22. The molecule has 2 atom stereocenters. The van der Waals surface area contributed by atoms with Gasteiger partial charge >= 0.3 is 0 Å². The highest BCUT2D eigenvalue weighted by atomic mass is 32.2. The molecular formula is C8H15NO3S. The monoisotopic (exact) mass is 205 g/mol. The maximum atomic E-state index is 11.4. The van der Waals surface area contributed by atoms with Gasteiger partial charge in [-0.15, -0.1) is 0 Å². The first kappa shape index (κ1) is 9.43. The third-order valence-corrected chi connectivity index (χ3v) is 4.64. The van der Waals surface area contributed by atoms with Gasteiger partial charge in [-0.05, 0) is 32.2 Å². The third kappa shape index (κ3) is 1.87. The smallest absolute Gasteiger partial charge is 0.216 e. The SMILES string of the molecule is CNS(=O)(=O)C1COC(C2CC2)C1. The van der Waals surface area contributed by atoms with E-state index in [9.17, 15) is 8.42 Å². The van der Waals surface area contributed by atoms with E-state index in [4.69, 9.17) is 4.74 Å². The van der Waals surface area contributed by atoms with Crippen LogP contribution in [-0.4, -0.2) is 33.4 Å². The molecule has 0 aromatic heterocycles. The summed E-state index contributed by atoms with van der Waals surface area (Å²) in [5.41, 5.74) is 0. The summed E-state index contributed by atoms with van der Waals surface area (Å²) < 4.78 is 30.6. The van der Waals surface area contributed by atoms with Crippen molar-refractivity contribution in [3.63, 3.8) is 0 Å². The number of rotatable bonds is 3. The van der Waals surface area contributed by atoms with E-state index in [1.165, 1.54) is 19.9 Å². The highest BCUT2D eigenvalue weighted by Crippen LogP contribution is 2.39. The summed E-state index contributed by atoms with van der Waals surface area (Å²) >= 11 is 0. The van der Waals surface area contributed by atoms with Gasteiger partial charge in [0.15, 0.2) is 0 Å². The van der Waals surface area contributed by atoms with E-state index >= 15 is 0 Å². The summed E-state index contributed by atoms with van der Waals surface area (Å²) in [5.74, 6) is 0.636. The van der Waals surface area contributed by atoms with Gasteiger partial charge in [-0.3, -0.25) is 0 Å². The van der Waals surface area contributed by atoms with Crippen LogP contribution < -0.4 is 4.72 Å². The Labute approximate surface area is 78.7 Å². The fraction of sp³-hybridized carbons (Fsp3) is 1.00. The van der Waals surface area contributed by atoms with Crippen LogP contribution >= 0.6 is 0 Å². The van der Waals surface area contributed by atoms with Gasteiger partial charge < -0.3 is 4.74 Å². The normalized spacial score (nSPS) is 35.2. The van der Waals surface area contributed by atoms with Crippen molar-refractivity contribution < 1.29 is 13.2 Å². The van der Waals surface area contributed by atoms with Crippen molar-refractivity contribution in [2.75, 3.05) is 13.7 Å².